The highest BCUT2D eigenvalue weighted by molar-refractivity contribution is 6.18. The first-order valence-electron chi connectivity index (χ1n) is 8.16. The highest BCUT2D eigenvalue weighted by Gasteiger charge is 2.19. The maximum absolute atomic E-state index is 13.1. The van der Waals surface area contributed by atoms with Gasteiger partial charge in [0.15, 0.2) is 0 Å². The van der Waals surface area contributed by atoms with E-state index in [0.717, 1.165) is 0 Å². The fraction of sp³-hybridized carbons (Fsp3) is 0.143. The van der Waals surface area contributed by atoms with E-state index in [4.69, 9.17) is 4.74 Å². The Balaban J connectivity index is 2.63. The molecule has 0 fully saturated rings. The van der Waals surface area contributed by atoms with Gasteiger partial charge in [-0.3, -0.25) is 14.2 Å². The molecule has 0 spiro atoms. The number of aromatic nitrogens is 1. The zero-order valence-corrected chi connectivity index (χ0v) is 14.8. The lowest BCUT2D eigenvalue weighted by atomic mass is 10.1. The van der Waals surface area contributed by atoms with Crippen LogP contribution in [-0.4, -0.2) is 35.6 Å². The average molecular weight is 350 g/mol. The lowest BCUT2D eigenvalue weighted by Gasteiger charge is -2.22. The van der Waals surface area contributed by atoms with Gasteiger partial charge in [-0.1, -0.05) is 36.4 Å². The number of carbonyl (C=O) groups excluding carboxylic acids is 1. The Morgan fingerprint density at radius 2 is 1.77 bits per heavy atom. The number of methoxy groups -OCH3 is 1. The Morgan fingerprint density at radius 1 is 1.12 bits per heavy atom. The largest absolute Gasteiger partial charge is 0.496 e. The molecule has 1 amide bonds. The van der Waals surface area contributed by atoms with E-state index < -0.39 is 0 Å². The Kier molecular flexibility index (Phi) is 6.74. The number of para-hydroxylation sites is 1. The molecule has 0 aliphatic carbocycles. The van der Waals surface area contributed by atoms with Crippen molar-refractivity contribution in [2.45, 2.75) is 0 Å². The van der Waals surface area contributed by atoms with Gasteiger partial charge in [0.05, 0.1) is 7.11 Å². The number of hydrogen-bond donors (Lipinski definition) is 0. The Morgan fingerprint density at radius 3 is 2.38 bits per heavy atom. The molecule has 0 unspecified atom stereocenters. The van der Waals surface area contributed by atoms with Crippen LogP contribution in [0.2, 0.25) is 0 Å². The van der Waals surface area contributed by atoms with Crippen molar-refractivity contribution in [2.75, 3.05) is 20.2 Å². The van der Waals surface area contributed by atoms with Crippen molar-refractivity contribution in [3.8, 4) is 5.75 Å². The first-order valence-corrected chi connectivity index (χ1v) is 8.16. The molecule has 2 rings (SSSR count). The molecule has 0 saturated heterocycles. The molecule has 134 valence electrons. The van der Waals surface area contributed by atoms with E-state index in [0.29, 0.717) is 24.4 Å². The molecule has 5 nitrogen and oxygen atoms in total. The minimum Gasteiger partial charge on any atom is -0.496 e. The first kappa shape index (κ1) is 19.0. The summed E-state index contributed by atoms with van der Waals surface area (Å²) in [4.78, 5) is 27.0. The maximum Gasteiger partial charge on any atom is 0.271 e. The summed E-state index contributed by atoms with van der Waals surface area (Å²) in [5.74, 6) is 0.310. The van der Waals surface area contributed by atoms with Crippen molar-refractivity contribution in [3.63, 3.8) is 0 Å². The van der Waals surface area contributed by atoms with Crippen LogP contribution < -0.4 is 10.3 Å². The van der Waals surface area contributed by atoms with E-state index in [1.807, 2.05) is 18.2 Å². The van der Waals surface area contributed by atoms with Crippen molar-refractivity contribution in [1.29, 1.82) is 0 Å². The molecule has 1 aromatic heterocycles. The lowest BCUT2D eigenvalue weighted by molar-refractivity contribution is -0.124. The number of carbonyl (C=O) groups is 1. The summed E-state index contributed by atoms with van der Waals surface area (Å²) >= 11 is 0. The molecule has 0 saturated carbocycles. The van der Waals surface area contributed by atoms with Crippen molar-refractivity contribution < 1.29 is 9.53 Å². The van der Waals surface area contributed by atoms with Gasteiger partial charge in [0.25, 0.3) is 11.5 Å². The fourth-order valence-electron chi connectivity index (χ4n) is 2.51. The second kappa shape index (κ2) is 9.22. The molecule has 0 aliphatic heterocycles. The number of ether oxygens (including phenoxy) is 1. The van der Waals surface area contributed by atoms with E-state index in [9.17, 15) is 9.59 Å². The van der Waals surface area contributed by atoms with Gasteiger partial charge in [-0.2, -0.15) is 0 Å². The predicted molar refractivity (Wildman–Crippen MR) is 105 cm³/mol. The molecule has 0 bridgehead atoms. The summed E-state index contributed by atoms with van der Waals surface area (Å²) in [6.45, 7) is 8.07. The summed E-state index contributed by atoms with van der Waals surface area (Å²) in [5.41, 5.74) is 0.634. The van der Waals surface area contributed by atoms with Crippen LogP contribution in [-0.2, 0) is 4.79 Å². The van der Waals surface area contributed by atoms with Gasteiger partial charge in [0.1, 0.15) is 11.4 Å². The van der Waals surface area contributed by atoms with Crippen LogP contribution in [0.15, 0.2) is 78.8 Å². The zero-order valence-electron chi connectivity index (χ0n) is 14.8. The second-order valence-electron chi connectivity index (χ2n) is 5.47. The van der Waals surface area contributed by atoms with E-state index in [1.54, 1.807) is 54.6 Å². The van der Waals surface area contributed by atoms with Crippen LogP contribution in [0.4, 0.5) is 0 Å². The number of benzene rings is 1. The van der Waals surface area contributed by atoms with Gasteiger partial charge in [0, 0.05) is 30.9 Å². The Labute approximate surface area is 153 Å². The number of rotatable bonds is 8. The molecular formula is C21H22N2O3. The monoisotopic (exact) mass is 350 g/mol. The van der Waals surface area contributed by atoms with Gasteiger partial charge < -0.3 is 9.64 Å². The molecule has 5 heteroatoms. The molecular weight excluding hydrogens is 328 g/mol. The van der Waals surface area contributed by atoms with Gasteiger partial charge in [-0.15, -0.1) is 13.2 Å². The number of nitrogens with zero attached hydrogens (tertiary/aromatic N) is 2. The molecule has 26 heavy (non-hydrogen) atoms. The van der Waals surface area contributed by atoms with E-state index in [2.05, 4.69) is 13.2 Å². The fourth-order valence-corrected chi connectivity index (χ4v) is 2.51. The summed E-state index contributed by atoms with van der Waals surface area (Å²) in [5, 5.41) is 0. The normalized spacial score (nSPS) is 10.9. The van der Waals surface area contributed by atoms with Crippen LogP contribution in [0.3, 0.4) is 0 Å². The van der Waals surface area contributed by atoms with Crippen LogP contribution in [0.1, 0.15) is 5.56 Å². The number of pyridine rings is 1. The van der Waals surface area contributed by atoms with Crippen LogP contribution >= 0.6 is 0 Å². The minimum atomic E-state index is -0.302. The van der Waals surface area contributed by atoms with Crippen molar-refractivity contribution in [2.24, 2.45) is 0 Å². The van der Waals surface area contributed by atoms with Crippen LogP contribution in [0.25, 0.3) is 11.8 Å². The maximum atomic E-state index is 13.1. The van der Waals surface area contributed by atoms with Gasteiger partial charge in [-0.25, -0.2) is 0 Å². The topological polar surface area (TPSA) is 51.5 Å². The van der Waals surface area contributed by atoms with Crippen LogP contribution in [0.5, 0.6) is 5.75 Å². The van der Waals surface area contributed by atoms with Crippen molar-refractivity contribution in [3.05, 3.63) is 89.9 Å². The summed E-state index contributed by atoms with van der Waals surface area (Å²) in [7, 11) is 1.56. The molecule has 0 N–H and O–H groups in total. The quantitative estimate of drug-likeness (QED) is 0.543. The lowest BCUT2D eigenvalue weighted by Crippen LogP contribution is -2.35. The third-order valence-electron chi connectivity index (χ3n) is 3.72. The third-order valence-corrected chi connectivity index (χ3v) is 3.72. The van der Waals surface area contributed by atoms with Crippen molar-refractivity contribution >= 4 is 17.7 Å². The van der Waals surface area contributed by atoms with E-state index in [1.165, 1.54) is 10.6 Å². The van der Waals surface area contributed by atoms with Gasteiger partial charge >= 0.3 is 0 Å². The summed E-state index contributed by atoms with van der Waals surface area (Å²) in [6.07, 6.45) is 6.50. The molecule has 0 atom stereocenters. The second-order valence-corrected chi connectivity index (χ2v) is 5.47. The molecule has 0 radical (unpaired) electrons. The molecule has 1 aromatic carbocycles. The predicted octanol–water partition coefficient (Wildman–Crippen LogP) is 3.06. The summed E-state index contributed by atoms with van der Waals surface area (Å²) in [6, 6.07) is 12.1. The van der Waals surface area contributed by atoms with Gasteiger partial charge in [0.2, 0.25) is 0 Å². The smallest absolute Gasteiger partial charge is 0.271 e. The number of hydrogen-bond acceptors (Lipinski definition) is 3. The minimum absolute atomic E-state index is 0.226. The molecule has 0 aliphatic rings. The zero-order chi connectivity index (χ0) is 18.9. The Bertz CT molecular complexity index is 871. The Hall–Kier alpha value is -3.34. The molecule has 2 aromatic rings. The van der Waals surface area contributed by atoms with Crippen LogP contribution in [0, 0.1) is 0 Å². The molecule has 1 heterocycles. The third kappa shape index (κ3) is 4.39. The highest BCUT2D eigenvalue weighted by atomic mass is 16.5. The highest BCUT2D eigenvalue weighted by Crippen LogP contribution is 2.22. The number of amides is 1. The van der Waals surface area contributed by atoms with E-state index >= 15 is 0 Å². The SMILES string of the molecule is C=CCN(CC=C)C(=O)/C(=C\c1ccccc1OC)n1ccccc1=O. The standard InChI is InChI=1S/C21H22N2O3/c1-4-13-22(14-5-2)21(25)18(23-15-9-8-12-20(23)24)16-17-10-6-7-11-19(17)26-3/h4-12,15-16H,1-2,13-14H2,3H3/b18-16+. The summed E-state index contributed by atoms with van der Waals surface area (Å²) < 4.78 is 6.69. The average Bonchev–Trinajstić information content (AvgIpc) is 2.66. The first-order chi connectivity index (χ1) is 12.6. The van der Waals surface area contributed by atoms with Crippen molar-refractivity contribution in [1.82, 2.24) is 9.47 Å². The van der Waals surface area contributed by atoms with E-state index in [-0.39, 0.29) is 17.2 Å². The van der Waals surface area contributed by atoms with Gasteiger partial charge in [-0.05, 0) is 18.2 Å².